The zero-order valence-electron chi connectivity index (χ0n) is 18.7. The SMILES string of the molecule is CCOC(=O)c1ccccc1N1C(=O)C(Cl)=C(Nc2c(C)n(C)n(-c3ccccc3)c2=O)C1=O. The van der Waals surface area contributed by atoms with Gasteiger partial charge in [0.05, 0.1) is 29.2 Å². The first kappa shape index (κ1) is 23.1. The molecule has 174 valence electrons. The van der Waals surface area contributed by atoms with E-state index in [1.54, 1.807) is 62.0 Å². The van der Waals surface area contributed by atoms with Gasteiger partial charge in [0.1, 0.15) is 16.4 Å². The second kappa shape index (κ2) is 9.03. The number of amides is 2. The summed E-state index contributed by atoms with van der Waals surface area (Å²) in [6.45, 7) is 3.48. The molecule has 0 atom stereocenters. The highest BCUT2D eigenvalue weighted by Crippen LogP contribution is 2.32. The average molecular weight is 481 g/mol. The van der Waals surface area contributed by atoms with Gasteiger partial charge in [-0.2, -0.15) is 0 Å². The zero-order valence-corrected chi connectivity index (χ0v) is 19.4. The summed E-state index contributed by atoms with van der Waals surface area (Å²) < 4.78 is 8.10. The van der Waals surface area contributed by atoms with Crippen LogP contribution in [0.1, 0.15) is 23.0 Å². The Morgan fingerprint density at radius 1 is 1.00 bits per heavy atom. The molecule has 1 aromatic heterocycles. The van der Waals surface area contributed by atoms with Crippen molar-refractivity contribution in [2.24, 2.45) is 7.05 Å². The van der Waals surface area contributed by atoms with Crippen molar-refractivity contribution < 1.29 is 19.1 Å². The lowest BCUT2D eigenvalue weighted by atomic mass is 10.1. The third kappa shape index (κ3) is 3.69. The van der Waals surface area contributed by atoms with Gasteiger partial charge in [-0.15, -0.1) is 0 Å². The maximum Gasteiger partial charge on any atom is 0.340 e. The Balaban J connectivity index is 1.73. The molecule has 0 saturated heterocycles. The van der Waals surface area contributed by atoms with Gasteiger partial charge >= 0.3 is 5.97 Å². The van der Waals surface area contributed by atoms with Crippen molar-refractivity contribution in [2.75, 3.05) is 16.8 Å². The molecular formula is C24H21ClN4O5. The van der Waals surface area contributed by atoms with Crippen molar-refractivity contribution in [2.45, 2.75) is 13.8 Å². The molecule has 1 N–H and O–H groups in total. The predicted octanol–water partition coefficient (Wildman–Crippen LogP) is 3.10. The molecule has 2 amide bonds. The van der Waals surface area contributed by atoms with Gasteiger partial charge in [0, 0.05) is 7.05 Å². The summed E-state index contributed by atoms with van der Waals surface area (Å²) in [5.41, 5.74) is 0.657. The number of carbonyl (C=O) groups excluding carboxylic acids is 3. The maximum atomic E-state index is 13.3. The van der Waals surface area contributed by atoms with Gasteiger partial charge < -0.3 is 10.1 Å². The van der Waals surface area contributed by atoms with Gasteiger partial charge in [-0.1, -0.05) is 41.9 Å². The number of imide groups is 1. The minimum Gasteiger partial charge on any atom is -0.462 e. The van der Waals surface area contributed by atoms with Gasteiger partial charge in [-0.25, -0.2) is 14.4 Å². The molecule has 9 nitrogen and oxygen atoms in total. The van der Waals surface area contributed by atoms with Crippen LogP contribution in [-0.2, 0) is 21.4 Å². The Hall–Kier alpha value is -4.11. The van der Waals surface area contributed by atoms with E-state index >= 15 is 0 Å². The first-order valence-electron chi connectivity index (χ1n) is 10.4. The molecule has 10 heteroatoms. The van der Waals surface area contributed by atoms with Crippen molar-refractivity contribution in [1.82, 2.24) is 9.36 Å². The molecule has 1 aliphatic rings. The molecule has 3 aromatic rings. The number of aromatic nitrogens is 2. The topological polar surface area (TPSA) is 103 Å². The number of para-hydroxylation sites is 2. The minimum atomic E-state index is -0.817. The number of halogens is 1. The summed E-state index contributed by atoms with van der Waals surface area (Å²) in [6, 6.07) is 15.1. The molecule has 0 saturated carbocycles. The van der Waals surface area contributed by atoms with Gasteiger partial charge in [-0.05, 0) is 38.1 Å². The number of hydrogen-bond acceptors (Lipinski definition) is 6. The van der Waals surface area contributed by atoms with E-state index in [1.807, 2.05) is 6.07 Å². The number of nitrogens with zero attached hydrogens (tertiary/aromatic N) is 3. The van der Waals surface area contributed by atoms with Crippen molar-refractivity contribution in [3.05, 3.63) is 86.9 Å². The van der Waals surface area contributed by atoms with E-state index in [4.69, 9.17) is 16.3 Å². The van der Waals surface area contributed by atoms with Crippen molar-refractivity contribution in [3.63, 3.8) is 0 Å². The van der Waals surface area contributed by atoms with E-state index in [2.05, 4.69) is 5.32 Å². The smallest absolute Gasteiger partial charge is 0.340 e. The molecular weight excluding hydrogens is 460 g/mol. The van der Waals surface area contributed by atoms with Crippen LogP contribution >= 0.6 is 11.6 Å². The zero-order chi connectivity index (χ0) is 24.6. The molecule has 0 bridgehead atoms. The number of benzene rings is 2. The average Bonchev–Trinajstić information content (AvgIpc) is 3.18. The fraction of sp³-hybridized carbons (Fsp3) is 0.167. The lowest BCUT2D eigenvalue weighted by Crippen LogP contribution is -2.34. The molecule has 2 aromatic carbocycles. The summed E-state index contributed by atoms with van der Waals surface area (Å²) in [7, 11) is 1.70. The molecule has 1 aliphatic heterocycles. The van der Waals surface area contributed by atoms with Crippen LogP contribution in [0, 0.1) is 6.92 Å². The van der Waals surface area contributed by atoms with Crippen molar-refractivity contribution in [1.29, 1.82) is 0 Å². The van der Waals surface area contributed by atoms with Crippen LogP contribution in [0.5, 0.6) is 0 Å². The number of rotatable bonds is 6. The lowest BCUT2D eigenvalue weighted by Gasteiger charge is -2.18. The Morgan fingerprint density at radius 3 is 2.32 bits per heavy atom. The Morgan fingerprint density at radius 2 is 1.65 bits per heavy atom. The summed E-state index contributed by atoms with van der Waals surface area (Å²) in [6.07, 6.45) is 0. The molecule has 2 heterocycles. The monoisotopic (exact) mass is 480 g/mol. The number of hydrogen-bond donors (Lipinski definition) is 1. The van der Waals surface area contributed by atoms with Crippen LogP contribution in [0.2, 0.25) is 0 Å². The molecule has 0 spiro atoms. The predicted molar refractivity (Wildman–Crippen MR) is 127 cm³/mol. The molecule has 0 fully saturated rings. The normalized spacial score (nSPS) is 13.6. The van der Waals surface area contributed by atoms with Crippen LogP contribution in [0.15, 0.2) is 70.1 Å². The fourth-order valence-corrected chi connectivity index (χ4v) is 3.93. The highest BCUT2D eigenvalue weighted by Gasteiger charge is 2.41. The lowest BCUT2D eigenvalue weighted by molar-refractivity contribution is -0.120. The summed E-state index contributed by atoms with van der Waals surface area (Å²) in [4.78, 5) is 52.6. The molecule has 4 rings (SSSR count). The highest BCUT2D eigenvalue weighted by molar-refractivity contribution is 6.53. The maximum absolute atomic E-state index is 13.3. The molecule has 0 radical (unpaired) electrons. The molecule has 0 aliphatic carbocycles. The van der Waals surface area contributed by atoms with E-state index in [0.29, 0.717) is 11.4 Å². The minimum absolute atomic E-state index is 0.0392. The third-order valence-corrected chi connectivity index (χ3v) is 5.82. The first-order valence-corrected chi connectivity index (χ1v) is 10.8. The number of nitrogens with one attached hydrogen (secondary N) is 1. The molecule has 34 heavy (non-hydrogen) atoms. The quantitative estimate of drug-likeness (QED) is 0.429. The first-order chi connectivity index (χ1) is 16.3. The van der Waals surface area contributed by atoms with Gasteiger partial charge in [-0.3, -0.25) is 19.1 Å². The Labute approximate surface area is 199 Å². The summed E-state index contributed by atoms with van der Waals surface area (Å²) in [5.74, 6) is -2.29. The van der Waals surface area contributed by atoms with Gasteiger partial charge in [0.15, 0.2) is 0 Å². The largest absolute Gasteiger partial charge is 0.462 e. The van der Waals surface area contributed by atoms with E-state index < -0.39 is 28.4 Å². The van der Waals surface area contributed by atoms with Crippen LogP contribution in [0.4, 0.5) is 11.4 Å². The Kier molecular flexibility index (Phi) is 6.12. The van der Waals surface area contributed by atoms with Gasteiger partial charge in [0.25, 0.3) is 17.4 Å². The fourth-order valence-electron chi connectivity index (χ4n) is 3.72. The van der Waals surface area contributed by atoms with E-state index in [1.165, 1.54) is 16.8 Å². The number of esters is 1. The number of anilines is 2. The van der Waals surface area contributed by atoms with Crippen molar-refractivity contribution >= 4 is 40.8 Å². The van der Waals surface area contributed by atoms with Crippen LogP contribution < -0.4 is 15.8 Å². The van der Waals surface area contributed by atoms with E-state index in [0.717, 1.165) is 4.90 Å². The second-order valence-electron chi connectivity index (χ2n) is 7.43. The molecule has 0 unspecified atom stereocenters. The highest BCUT2D eigenvalue weighted by atomic mass is 35.5. The third-order valence-electron chi connectivity index (χ3n) is 5.47. The van der Waals surface area contributed by atoms with Crippen LogP contribution in [-0.4, -0.2) is 33.8 Å². The number of ether oxygens (including phenoxy) is 1. The van der Waals surface area contributed by atoms with Crippen LogP contribution in [0.3, 0.4) is 0 Å². The summed E-state index contributed by atoms with van der Waals surface area (Å²) in [5, 5.41) is 2.39. The standard InChI is InChI=1S/C24H21ClN4O5/c1-4-34-24(33)16-12-8-9-13-17(16)28-21(30)18(25)20(22(28)31)26-19-14(2)27(3)29(23(19)32)15-10-6-5-7-11-15/h5-13,26H,4H2,1-3H3. The summed E-state index contributed by atoms with van der Waals surface area (Å²) >= 11 is 6.25. The number of carbonyl (C=O) groups is 3. The Bertz CT molecular complexity index is 1400. The van der Waals surface area contributed by atoms with Crippen LogP contribution in [0.25, 0.3) is 5.69 Å². The second-order valence-corrected chi connectivity index (χ2v) is 7.81. The van der Waals surface area contributed by atoms with E-state index in [9.17, 15) is 19.2 Å². The van der Waals surface area contributed by atoms with Crippen molar-refractivity contribution in [3.8, 4) is 5.69 Å². The van der Waals surface area contributed by atoms with E-state index in [-0.39, 0.29) is 29.2 Å². The van der Waals surface area contributed by atoms with Gasteiger partial charge in [0.2, 0.25) is 0 Å².